The summed E-state index contributed by atoms with van der Waals surface area (Å²) in [6.45, 7) is 15.6. The highest BCUT2D eigenvalue weighted by Crippen LogP contribution is 2.78. The molecular weight excluding hydrogens is 1210 g/mol. The van der Waals surface area contributed by atoms with Gasteiger partial charge in [-0.1, -0.05) is 357 Å². The number of fused-ring (bicyclic) bond motifs is 13. The number of anilines is 5. The van der Waals surface area contributed by atoms with Crippen molar-refractivity contribution < 1.29 is 0 Å². The average Bonchev–Trinajstić information content (AvgIpc) is 1.44. The van der Waals surface area contributed by atoms with E-state index in [4.69, 9.17) is 0 Å². The first-order valence-electron chi connectivity index (χ1n) is 35.6. The maximum Gasteiger partial charge on any atom is 0.0544 e. The molecule has 480 valence electrons. The van der Waals surface area contributed by atoms with Crippen molar-refractivity contribution >= 4 is 66.3 Å². The van der Waals surface area contributed by atoms with E-state index in [2.05, 4.69) is 403 Å². The lowest BCUT2D eigenvalue weighted by molar-refractivity contribution is 0.0578. The molecule has 0 saturated heterocycles. The van der Waals surface area contributed by atoms with Crippen LogP contribution in [0.4, 0.5) is 28.4 Å². The maximum absolute atomic E-state index is 2.77. The van der Waals surface area contributed by atoms with E-state index >= 15 is 0 Å². The Hall–Kier alpha value is -11.6. The summed E-state index contributed by atoms with van der Waals surface area (Å²) < 4.78 is 0. The fourth-order valence-electron chi connectivity index (χ4n) is 19.1. The molecule has 0 spiro atoms. The summed E-state index contributed by atoms with van der Waals surface area (Å²) in [7, 11) is 0. The van der Waals surface area contributed by atoms with Crippen LogP contribution in [0.5, 0.6) is 0 Å². The van der Waals surface area contributed by atoms with Crippen LogP contribution in [0.15, 0.2) is 363 Å². The molecule has 14 aromatic rings. The van der Waals surface area contributed by atoms with Crippen molar-refractivity contribution in [1.82, 2.24) is 0 Å². The van der Waals surface area contributed by atoms with Gasteiger partial charge in [-0.3, -0.25) is 0 Å². The molecule has 4 unspecified atom stereocenters. The summed E-state index contributed by atoms with van der Waals surface area (Å²) in [5.41, 5.74) is 24.3. The molecule has 18 rings (SSSR count). The lowest BCUT2D eigenvalue weighted by Gasteiger charge is -2.63. The van der Waals surface area contributed by atoms with E-state index in [0.717, 1.165) is 50.7 Å². The summed E-state index contributed by atoms with van der Waals surface area (Å²) in [6.07, 6.45) is 12.5. The minimum absolute atomic E-state index is 0.0651. The van der Waals surface area contributed by atoms with Crippen molar-refractivity contribution in [2.45, 2.75) is 52.4 Å². The van der Waals surface area contributed by atoms with E-state index in [1.807, 2.05) is 0 Å². The van der Waals surface area contributed by atoms with Crippen LogP contribution in [-0.4, -0.2) is 0 Å². The zero-order chi connectivity index (χ0) is 67.5. The second-order valence-electron chi connectivity index (χ2n) is 29.7. The summed E-state index contributed by atoms with van der Waals surface area (Å²) in [5.74, 6) is -0.139. The third kappa shape index (κ3) is 8.95. The molecule has 0 amide bonds. The topological polar surface area (TPSA) is 6.48 Å². The number of allylic oxidation sites excluding steroid dienone is 7. The average molecular weight is 1280 g/mol. The van der Waals surface area contributed by atoms with E-state index in [1.165, 1.54) is 105 Å². The third-order valence-electron chi connectivity index (χ3n) is 22.6. The highest BCUT2D eigenvalue weighted by Gasteiger charge is 2.72. The molecule has 2 heteroatoms. The molecular formula is C98H78N2. The largest absolute Gasteiger partial charge is 0.312 e. The zero-order valence-electron chi connectivity index (χ0n) is 57.5. The molecule has 0 radical (unpaired) electrons. The number of nitrogens with zero attached hydrogens (tertiary/aromatic N) is 2. The van der Waals surface area contributed by atoms with Gasteiger partial charge in [-0.05, 0) is 141 Å². The van der Waals surface area contributed by atoms with E-state index in [1.54, 1.807) is 0 Å². The summed E-state index contributed by atoms with van der Waals surface area (Å²) in [6, 6.07) is 121. The van der Waals surface area contributed by atoms with Crippen molar-refractivity contribution in [3.05, 3.63) is 385 Å². The molecule has 4 aliphatic rings. The van der Waals surface area contributed by atoms with Crippen LogP contribution >= 0.6 is 0 Å². The van der Waals surface area contributed by atoms with E-state index in [0.29, 0.717) is 0 Å². The van der Waals surface area contributed by atoms with Gasteiger partial charge in [0, 0.05) is 56.0 Å². The number of benzene rings is 14. The molecule has 0 aliphatic heterocycles. The van der Waals surface area contributed by atoms with Crippen molar-refractivity contribution in [3.63, 3.8) is 0 Å². The van der Waals surface area contributed by atoms with Gasteiger partial charge in [0.2, 0.25) is 0 Å². The molecule has 100 heavy (non-hydrogen) atoms. The van der Waals surface area contributed by atoms with Crippen molar-refractivity contribution in [1.29, 1.82) is 0 Å². The first-order chi connectivity index (χ1) is 49.0. The van der Waals surface area contributed by atoms with Gasteiger partial charge in [-0.2, -0.15) is 0 Å². The Kier molecular flexibility index (Phi) is 14.3. The van der Waals surface area contributed by atoms with Crippen LogP contribution in [0.1, 0.15) is 63.8 Å². The number of rotatable bonds is 11. The van der Waals surface area contributed by atoms with Gasteiger partial charge < -0.3 is 9.80 Å². The second-order valence-corrected chi connectivity index (χ2v) is 29.7. The van der Waals surface area contributed by atoms with Gasteiger partial charge in [0.1, 0.15) is 0 Å². The fraction of sp³-hybridized carbons (Fsp3) is 0.122. The summed E-state index contributed by atoms with van der Waals surface area (Å²) in [5, 5.41) is 7.45. The Bertz CT molecular complexity index is 5540. The number of hydrogen-bond acceptors (Lipinski definition) is 2. The maximum atomic E-state index is 2.77. The predicted octanol–water partition coefficient (Wildman–Crippen LogP) is 26.4. The molecule has 14 aromatic carbocycles. The van der Waals surface area contributed by atoms with Gasteiger partial charge in [-0.25, -0.2) is 0 Å². The lowest BCUT2D eigenvalue weighted by atomic mass is 9.39. The van der Waals surface area contributed by atoms with Crippen LogP contribution in [0.3, 0.4) is 0 Å². The molecule has 0 aromatic heterocycles. The minimum atomic E-state index is -0.846. The highest BCUT2D eigenvalue weighted by atomic mass is 15.2. The van der Waals surface area contributed by atoms with E-state index < -0.39 is 21.7 Å². The monoisotopic (exact) mass is 1280 g/mol. The normalized spacial score (nSPS) is 18.1. The van der Waals surface area contributed by atoms with Gasteiger partial charge in [-0.15, -0.1) is 0 Å². The van der Waals surface area contributed by atoms with Gasteiger partial charge in [0.05, 0.1) is 28.4 Å². The van der Waals surface area contributed by atoms with Crippen LogP contribution < -0.4 is 9.80 Å². The number of para-hydroxylation sites is 4. The first kappa shape index (κ1) is 60.8. The summed E-state index contributed by atoms with van der Waals surface area (Å²) >= 11 is 0. The predicted molar refractivity (Wildman–Crippen MR) is 424 cm³/mol. The van der Waals surface area contributed by atoms with Crippen LogP contribution in [0.2, 0.25) is 0 Å². The molecule has 0 bridgehead atoms. The SMILES string of the molecule is CC(C)(C)C1(C2(C(C)(C)C)c3ccc4ccccc4c3-c3c2cc(N(c2ccccc2-c2ccccc2)c2ccccc2-c2ccccc2)c2ccccc32)C2=C(c3c1ccc1ccccc31)C1C=CC=CC1C(N(c1ccccc1-c1ccccc1)c1ccccc1-c1ccccc1)=C2. The molecule has 4 aliphatic carbocycles. The first-order valence-corrected chi connectivity index (χ1v) is 35.6. The van der Waals surface area contributed by atoms with Crippen LogP contribution in [-0.2, 0) is 10.8 Å². The molecule has 0 fully saturated rings. The smallest absolute Gasteiger partial charge is 0.0544 e. The highest BCUT2D eigenvalue weighted by molar-refractivity contribution is 6.17. The Labute approximate surface area is 588 Å². The van der Waals surface area contributed by atoms with E-state index in [-0.39, 0.29) is 11.8 Å². The fourth-order valence-corrected chi connectivity index (χ4v) is 19.1. The van der Waals surface area contributed by atoms with Gasteiger partial charge >= 0.3 is 0 Å². The Morgan fingerprint density at radius 1 is 0.280 bits per heavy atom. The van der Waals surface area contributed by atoms with E-state index in [9.17, 15) is 0 Å². The Balaban J connectivity index is 1.04. The Morgan fingerprint density at radius 2 is 0.630 bits per heavy atom. The van der Waals surface area contributed by atoms with Crippen molar-refractivity contribution in [3.8, 4) is 55.6 Å². The molecule has 4 atom stereocenters. The summed E-state index contributed by atoms with van der Waals surface area (Å²) in [4.78, 5) is 5.33. The van der Waals surface area contributed by atoms with Gasteiger partial charge in [0.25, 0.3) is 0 Å². The molecule has 2 nitrogen and oxygen atoms in total. The van der Waals surface area contributed by atoms with Crippen LogP contribution in [0, 0.1) is 22.7 Å². The number of hydrogen-bond donors (Lipinski definition) is 0. The Morgan fingerprint density at radius 3 is 1.08 bits per heavy atom. The quantitative estimate of drug-likeness (QED) is 0.127. The van der Waals surface area contributed by atoms with Gasteiger partial charge in [0.15, 0.2) is 0 Å². The minimum Gasteiger partial charge on any atom is -0.312 e. The lowest BCUT2D eigenvalue weighted by Crippen LogP contribution is -2.62. The molecule has 0 saturated carbocycles. The van der Waals surface area contributed by atoms with Crippen molar-refractivity contribution in [2.24, 2.45) is 22.7 Å². The standard InChI is InChI=1S/C98H78N2/c1-95(2,3)97(81-61-59-69-43-19-21-49-75(69)91(81)93-79-53-25-23-51-77(79)89(63-83(93)97)99(85-55-31-27-45-71(85)65-35-11-7-12-36-65)86-56-32-28-46-72(86)66-37-13-8-14-38-66)98(96(4,5)6)82-62-60-70-44-20-22-50-76(70)92(82)94-80-54-26-24-52-78(80)90(64-84(94)98)100(87-57-33-29-47-73(87)67-39-15-9-16-40-67)88-58-34-30-48-74(88)68-41-17-10-18-42-68/h7-64,77,79H,1-6H3. The van der Waals surface area contributed by atoms with Crippen molar-refractivity contribution in [2.75, 3.05) is 9.80 Å². The van der Waals surface area contributed by atoms with Crippen LogP contribution in [0.25, 0.3) is 93.5 Å². The second kappa shape index (κ2) is 23.6. The molecule has 0 N–H and O–H groups in total. The third-order valence-corrected chi connectivity index (χ3v) is 22.6. The zero-order valence-corrected chi connectivity index (χ0v) is 57.5. The molecule has 0 heterocycles.